The molecule has 0 radical (unpaired) electrons. The van der Waals surface area contributed by atoms with Gasteiger partial charge in [0.1, 0.15) is 11.3 Å². The molecule has 0 aliphatic heterocycles. The van der Waals surface area contributed by atoms with Crippen LogP contribution in [-0.4, -0.2) is 27.8 Å². The van der Waals surface area contributed by atoms with Gasteiger partial charge in [-0.15, -0.1) is 0 Å². The lowest BCUT2D eigenvalue weighted by Gasteiger charge is -2.20. The highest BCUT2D eigenvalue weighted by atomic mass is 16.7. The van der Waals surface area contributed by atoms with E-state index in [0.29, 0.717) is 0 Å². The monoisotopic (exact) mass is 224 g/mol. The molecule has 0 saturated heterocycles. The molecule has 5 heteroatoms. The number of hydrogen-bond donors (Lipinski definition) is 2. The number of phenols is 1. The number of carbonyl (C=O) groups is 2. The Kier molecular flexibility index (Phi) is 3.29. The fourth-order valence-corrected chi connectivity index (χ4v) is 0.954. The third-order valence-corrected chi connectivity index (χ3v) is 2.07. The largest absolute Gasteiger partial charge is 0.507 e. The summed E-state index contributed by atoms with van der Waals surface area (Å²) in [6.07, 6.45) is 0. The van der Waals surface area contributed by atoms with Gasteiger partial charge in [0, 0.05) is 13.8 Å². The molecule has 0 spiro atoms. The maximum atomic E-state index is 11.5. The Balaban J connectivity index is 2.89. The van der Waals surface area contributed by atoms with E-state index < -0.39 is 17.5 Å². The SMILES string of the molecule is CC(=O)C(C)(O)OC(=O)c1ccccc1O. The van der Waals surface area contributed by atoms with Gasteiger partial charge in [0.25, 0.3) is 5.79 Å². The van der Waals surface area contributed by atoms with Crippen LogP contribution in [-0.2, 0) is 9.53 Å². The zero-order valence-corrected chi connectivity index (χ0v) is 8.93. The zero-order chi connectivity index (χ0) is 12.3. The highest BCUT2D eigenvalue weighted by molar-refractivity contribution is 5.95. The Hall–Kier alpha value is -1.88. The number of benzene rings is 1. The van der Waals surface area contributed by atoms with Crippen molar-refractivity contribution in [2.75, 3.05) is 0 Å². The van der Waals surface area contributed by atoms with Crippen molar-refractivity contribution in [1.29, 1.82) is 0 Å². The first kappa shape index (κ1) is 12.2. The minimum atomic E-state index is -2.18. The van der Waals surface area contributed by atoms with Crippen molar-refractivity contribution in [1.82, 2.24) is 0 Å². The molecule has 1 aromatic rings. The summed E-state index contributed by atoms with van der Waals surface area (Å²) >= 11 is 0. The fourth-order valence-electron chi connectivity index (χ4n) is 0.954. The maximum Gasteiger partial charge on any atom is 0.344 e. The number of ketones is 1. The second kappa shape index (κ2) is 4.32. The summed E-state index contributed by atoms with van der Waals surface area (Å²) in [4.78, 5) is 22.4. The van der Waals surface area contributed by atoms with Gasteiger partial charge in [-0.3, -0.25) is 4.79 Å². The van der Waals surface area contributed by atoms with E-state index in [9.17, 15) is 19.8 Å². The molecule has 1 rings (SSSR count). The number of Topliss-reactive ketones (excluding diaryl/α,β-unsaturated/α-hetero) is 1. The van der Waals surface area contributed by atoms with Crippen molar-refractivity contribution in [2.45, 2.75) is 19.6 Å². The van der Waals surface area contributed by atoms with E-state index in [-0.39, 0.29) is 11.3 Å². The molecule has 0 bridgehead atoms. The van der Waals surface area contributed by atoms with Crippen LogP contribution in [0.1, 0.15) is 24.2 Å². The van der Waals surface area contributed by atoms with Gasteiger partial charge in [-0.25, -0.2) is 4.79 Å². The number of aromatic hydroxyl groups is 1. The van der Waals surface area contributed by atoms with Crippen LogP contribution >= 0.6 is 0 Å². The van der Waals surface area contributed by atoms with Gasteiger partial charge in [-0.05, 0) is 12.1 Å². The molecular formula is C11H12O5. The van der Waals surface area contributed by atoms with Gasteiger partial charge in [0.2, 0.25) is 5.78 Å². The number of phenolic OH excluding ortho intramolecular Hbond substituents is 1. The molecule has 0 saturated carbocycles. The van der Waals surface area contributed by atoms with Gasteiger partial charge in [-0.1, -0.05) is 12.1 Å². The van der Waals surface area contributed by atoms with Crippen LogP contribution in [0.3, 0.4) is 0 Å². The smallest absolute Gasteiger partial charge is 0.344 e. The molecule has 1 aromatic carbocycles. The van der Waals surface area contributed by atoms with E-state index >= 15 is 0 Å². The molecule has 0 heterocycles. The molecule has 0 amide bonds. The Bertz CT molecular complexity index is 422. The molecule has 2 N–H and O–H groups in total. The van der Waals surface area contributed by atoms with E-state index in [1.807, 2.05) is 0 Å². The van der Waals surface area contributed by atoms with E-state index in [1.54, 1.807) is 0 Å². The van der Waals surface area contributed by atoms with Crippen molar-refractivity contribution < 1.29 is 24.5 Å². The summed E-state index contributed by atoms with van der Waals surface area (Å²) in [5.41, 5.74) is -0.107. The summed E-state index contributed by atoms with van der Waals surface area (Å²) < 4.78 is 4.57. The first-order valence-electron chi connectivity index (χ1n) is 4.59. The summed E-state index contributed by atoms with van der Waals surface area (Å²) in [5, 5.41) is 18.8. The molecule has 86 valence electrons. The molecule has 0 aliphatic rings. The molecular weight excluding hydrogens is 212 g/mol. The lowest BCUT2D eigenvalue weighted by molar-refractivity contribution is -0.175. The van der Waals surface area contributed by atoms with Crippen LogP contribution < -0.4 is 0 Å². The topological polar surface area (TPSA) is 83.8 Å². The van der Waals surface area contributed by atoms with Crippen LogP contribution in [0, 0.1) is 0 Å². The molecule has 1 atom stereocenters. The lowest BCUT2D eigenvalue weighted by Crippen LogP contribution is -2.38. The van der Waals surface area contributed by atoms with E-state index in [4.69, 9.17) is 0 Å². The van der Waals surface area contributed by atoms with Crippen molar-refractivity contribution in [3.63, 3.8) is 0 Å². The molecule has 0 aromatic heterocycles. The minimum absolute atomic E-state index is 0.107. The van der Waals surface area contributed by atoms with Crippen molar-refractivity contribution >= 4 is 11.8 Å². The lowest BCUT2D eigenvalue weighted by atomic mass is 10.2. The third-order valence-electron chi connectivity index (χ3n) is 2.07. The Morgan fingerprint density at radius 1 is 1.31 bits per heavy atom. The van der Waals surface area contributed by atoms with Crippen molar-refractivity contribution in [2.24, 2.45) is 0 Å². The van der Waals surface area contributed by atoms with Gasteiger partial charge in [-0.2, -0.15) is 0 Å². The zero-order valence-electron chi connectivity index (χ0n) is 8.93. The number of esters is 1. The quantitative estimate of drug-likeness (QED) is 0.587. The molecule has 5 nitrogen and oxygen atoms in total. The summed E-state index contributed by atoms with van der Waals surface area (Å²) in [6.45, 7) is 2.16. The Morgan fingerprint density at radius 2 is 1.88 bits per heavy atom. The normalized spacial score (nSPS) is 13.9. The second-order valence-corrected chi connectivity index (χ2v) is 3.45. The number of ether oxygens (including phenoxy) is 1. The van der Waals surface area contributed by atoms with Crippen LogP contribution in [0.2, 0.25) is 0 Å². The average Bonchev–Trinajstić information content (AvgIpc) is 2.17. The predicted octanol–water partition coefficient (Wildman–Crippen LogP) is 0.847. The highest BCUT2D eigenvalue weighted by Crippen LogP contribution is 2.19. The van der Waals surface area contributed by atoms with Crippen LogP contribution in [0.25, 0.3) is 0 Å². The number of carbonyl (C=O) groups excluding carboxylic acids is 2. The third kappa shape index (κ3) is 2.58. The number of aliphatic hydroxyl groups is 1. The predicted molar refractivity (Wildman–Crippen MR) is 54.8 cm³/mol. The van der Waals surface area contributed by atoms with E-state index in [1.165, 1.54) is 24.3 Å². The van der Waals surface area contributed by atoms with E-state index in [2.05, 4.69) is 4.74 Å². The highest BCUT2D eigenvalue weighted by Gasteiger charge is 2.32. The van der Waals surface area contributed by atoms with Crippen LogP contribution in [0.4, 0.5) is 0 Å². The van der Waals surface area contributed by atoms with Gasteiger partial charge in [0.05, 0.1) is 0 Å². The average molecular weight is 224 g/mol. The first-order chi connectivity index (χ1) is 7.34. The standard InChI is InChI=1S/C11H12O5/c1-7(12)11(2,15)16-10(14)8-5-3-4-6-9(8)13/h3-6,13,15H,1-2H3. The fraction of sp³-hybridized carbons (Fsp3) is 0.273. The number of para-hydroxylation sites is 1. The summed E-state index contributed by atoms with van der Waals surface area (Å²) in [7, 11) is 0. The maximum absolute atomic E-state index is 11.5. The van der Waals surface area contributed by atoms with Gasteiger partial charge < -0.3 is 14.9 Å². The summed E-state index contributed by atoms with van der Waals surface area (Å²) in [6, 6.07) is 5.70. The van der Waals surface area contributed by atoms with Crippen molar-refractivity contribution in [3.05, 3.63) is 29.8 Å². The number of hydrogen-bond acceptors (Lipinski definition) is 5. The minimum Gasteiger partial charge on any atom is -0.507 e. The molecule has 1 unspecified atom stereocenters. The van der Waals surface area contributed by atoms with Crippen molar-refractivity contribution in [3.8, 4) is 5.75 Å². The van der Waals surface area contributed by atoms with Crippen LogP contribution in [0.15, 0.2) is 24.3 Å². The van der Waals surface area contributed by atoms with Crippen LogP contribution in [0.5, 0.6) is 5.75 Å². The number of rotatable bonds is 3. The Morgan fingerprint density at radius 3 is 2.38 bits per heavy atom. The first-order valence-corrected chi connectivity index (χ1v) is 4.59. The van der Waals surface area contributed by atoms with E-state index in [0.717, 1.165) is 13.8 Å². The Labute approximate surface area is 92.3 Å². The summed E-state index contributed by atoms with van der Waals surface area (Å²) in [5.74, 6) is -4.11. The van der Waals surface area contributed by atoms with Gasteiger partial charge >= 0.3 is 5.97 Å². The molecule has 0 aliphatic carbocycles. The second-order valence-electron chi connectivity index (χ2n) is 3.45. The van der Waals surface area contributed by atoms with Gasteiger partial charge in [0.15, 0.2) is 0 Å². The molecule has 0 fully saturated rings. The molecule has 16 heavy (non-hydrogen) atoms.